The number of benzene rings is 2. The average Bonchev–Trinajstić information content (AvgIpc) is 3.15. The number of nitrogens with zero attached hydrogens (tertiary/aromatic N) is 3. The van der Waals surface area contributed by atoms with Crippen LogP contribution in [0.5, 0.6) is 0 Å². The fourth-order valence-electron chi connectivity index (χ4n) is 2.32. The smallest absolute Gasteiger partial charge is 0.244 e. The topological polar surface area (TPSA) is 59.3 Å². The monoisotopic (exact) mass is 318 g/mol. The standard InChI is InChI=1S/C19H18N4O/c1-15(21-22-19(24)13-16-5-3-2-4-6-16)17-7-9-18(10-8-17)23-12-11-20-14-23/h2-12,14H,13H2,1H3,(H,22,24)/b21-15+. The van der Waals surface area contributed by atoms with Crippen LogP contribution in [0.25, 0.3) is 5.69 Å². The molecule has 3 rings (SSSR count). The molecule has 1 aromatic heterocycles. The number of hydrogen-bond acceptors (Lipinski definition) is 3. The zero-order valence-electron chi connectivity index (χ0n) is 13.4. The van der Waals surface area contributed by atoms with Gasteiger partial charge in [0.05, 0.1) is 18.5 Å². The lowest BCUT2D eigenvalue weighted by molar-refractivity contribution is -0.120. The first kappa shape index (κ1) is 15.7. The Morgan fingerprint density at radius 2 is 1.88 bits per heavy atom. The predicted octanol–water partition coefficient (Wildman–Crippen LogP) is 2.96. The maximum absolute atomic E-state index is 11.9. The Labute approximate surface area is 140 Å². The van der Waals surface area contributed by atoms with Crippen LogP contribution in [0.4, 0.5) is 0 Å². The van der Waals surface area contributed by atoms with E-state index in [1.54, 1.807) is 12.5 Å². The molecular weight excluding hydrogens is 300 g/mol. The highest BCUT2D eigenvalue weighted by Gasteiger charge is 2.03. The van der Waals surface area contributed by atoms with Gasteiger partial charge in [0, 0.05) is 18.1 Å². The highest BCUT2D eigenvalue weighted by Crippen LogP contribution is 2.10. The highest BCUT2D eigenvalue weighted by molar-refractivity contribution is 5.99. The van der Waals surface area contributed by atoms with Gasteiger partial charge in [0.2, 0.25) is 5.91 Å². The van der Waals surface area contributed by atoms with Gasteiger partial charge in [-0.1, -0.05) is 42.5 Å². The minimum atomic E-state index is -0.129. The molecule has 0 saturated carbocycles. The number of carbonyl (C=O) groups excluding carboxylic acids is 1. The first-order valence-electron chi connectivity index (χ1n) is 7.68. The summed E-state index contributed by atoms with van der Waals surface area (Å²) in [7, 11) is 0. The quantitative estimate of drug-likeness (QED) is 0.581. The summed E-state index contributed by atoms with van der Waals surface area (Å²) in [6.07, 6.45) is 5.69. The summed E-state index contributed by atoms with van der Waals surface area (Å²) >= 11 is 0. The van der Waals surface area contributed by atoms with Crippen LogP contribution in [0.2, 0.25) is 0 Å². The molecule has 0 spiro atoms. The van der Waals surface area contributed by atoms with E-state index in [1.165, 1.54) is 0 Å². The van der Waals surface area contributed by atoms with Crippen molar-refractivity contribution in [1.82, 2.24) is 15.0 Å². The van der Waals surface area contributed by atoms with Crippen LogP contribution in [0.15, 0.2) is 78.4 Å². The third-order valence-corrected chi connectivity index (χ3v) is 3.64. The van der Waals surface area contributed by atoms with Gasteiger partial charge in [-0.05, 0) is 30.2 Å². The second kappa shape index (κ2) is 7.37. The first-order valence-corrected chi connectivity index (χ1v) is 7.68. The maximum Gasteiger partial charge on any atom is 0.244 e. The van der Waals surface area contributed by atoms with Crippen molar-refractivity contribution in [3.8, 4) is 5.69 Å². The Balaban J connectivity index is 1.62. The maximum atomic E-state index is 11.9. The molecule has 0 aliphatic heterocycles. The second-order valence-corrected chi connectivity index (χ2v) is 5.41. The predicted molar refractivity (Wildman–Crippen MR) is 94.1 cm³/mol. The molecule has 2 aromatic carbocycles. The van der Waals surface area contributed by atoms with Crippen LogP contribution in [-0.2, 0) is 11.2 Å². The van der Waals surface area contributed by atoms with E-state index in [2.05, 4.69) is 15.5 Å². The second-order valence-electron chi connectivity index (χ2n) is 5.41. The number of hydrogen-bond donors (Lipinski definition) is 1. The number of aromatic nitrogens is 2. The van der Waals surface area contributed by atoms with Crippen LogP contribution >= 0.6 is 0 Å². The van der Waals surface area contributed by atoms with Crippen molar-refractivity contribution in [3.05, 3.63) is 84.4 Å². The van der Waals surface area contributed by atoms with Crippen LogP contribution in [-0.4, -0.2) is 21.2 Å². The fourth-order valence-corrected chi connectivity index (χ4v) is 2.32. The molecule has 0 saturated heterocycles. The van der Waals surface area contributed by atoms with Crippen molar-refractivity contribution in [3.63, 3.8) is 0 Å². The molecule has 5 heteroatoms. The number of rotatable bonds is 5. The van der Waals surface area contributed by atoms with Gasteiger partial charge in [0.15, 0.2) is 0 Å². The van der Waals surface area contributed by atoms with Crippen molar-refractivity contribution in [1.29, 1.82) is 0 Å². The summed E-state index contributed by atoms with van der Waals surface area (Å²) in [5.74, 6) is -0.129. The Bertz CT molecular complexity index is 822. The molecule has 0 radical (unpaired) electrons. The van der Waals surface area contributed by atoms with Crippen molar-refractivity contribution in [2.24, 2.45) is 5.10 Å². The average molecular weight is 318 g/mol. The van der Waals surface area contributed by atoms with E-state index in [0.717, 1.165) is 22.5 Å². The van der Waals surface area contributed by atoms with E-state index in [9.17, 15) is 4.79 Å². The summed E-state index contributed by atoms with van der Waals surface area (Å²) < 4.78 is 1.93. The van der Waals surface area contributed by atoms with Crippen LogP contribution < -0.4 is 5.43 Å². The molecule has 1 amide bonds. The van der Waals surface area contributed by atoms with Crippen molar-refractivity contribution in [2.75, 3.05) is 0 Å². The number of carbonyl (C=O) groups is 1. The van der Waals surface area contributed by atoms with Gasteiger partial charge in [-0.3, -0.25) is 4.79 Å². The summed E-state index contributed by atoms with van der Waals surface area (Å²) in [5, 5.41) is 4.18. The van der Waals surface area contributed by atoms with Crippen LogP contribution in [0.1, 0.15) is 18.1 Å². The van der Waals surface area contributed by atoms with Gasteiger partial charge in [0.25, 0.3) is 0 Å². The fraction of sp³-hybridized carbons (Fsp3) is 0.105. The first-order chi connectivity index (χ1) is 11.7. The molecule has 3 aromatic rings. The third-order valence-electron chi connectivity index (χ3n) is 3.64. The van der Waals surface area contributed by atoms with Gasteiger partial charge in [-0.15, -0.1) is 0 Å². The summed E-state index contributed by atoms with van der Waals surface area (Å²) in [5.41, 5.74) is 6.31. The third kappa shape index (κ3) is 3.95. The normalized spacial score (nSPS) is 11.3. The Morgan fingerprint density at radius 1 is 1.12 bits per heavy atom. The molecule has 1 N–H and O–H groups in total. The molecule has 1 heterocycles. The van der Waals surface area contributed by atoms with Gasteiger partial charge in [-0.25, -0.2) is 10.4 Å². The van der Waals surface area contributed by atoms with Crippen molar-refractivity contribution < 1.29 is 4.79 Å². The van der Waals surface area contributed by atoms with E-state index in [0.29, 0.717) is 6.42 Å². The molecule has 0 unspecified atom stereocenters. The summed E-state index contributed by atoms with van der Waals surface area (Å²) in [6.45, 7) is 1.87. The SMILES string of the molecule is C/C(=N\NC(=O)Cc1ccccc1)c1ccc(-n2ccnc2)cc1. The van der Waals surface area contributed by atoms with Crippen LogP contribution in [0, 0.1) is 0 Å². The van der Waals surface area contributed by atoms with Gasteiger partial charge < -0.3 is 4.57 Å². The van der Waals surface area contributed by atoms with E-state index in [4.69, 9.17) is 0 Å². The summed E-state index contributed by atoms with van der Waals surface area (Å²) in [6, 6.07) is 17.5. The number of hydrazone groups is 1. The number of nitrogens with one attached hydrogen (secondary N) is 1. The zero-order chi connectivity index (χ0) is 16.8. The van der Waals surface area contributed by atoms with Gasteiger partial charge in [0.1, 0.15) is 0 Å². The van der Waals surface area contributed by atoms with Crippen molar-refractivity contribution >= 4 is 11.6 Å². The molecule has 120 valence electrons. The Hall–Kier alpha value is -3.21. The number of amides is 1. The van der Waals surface area contributed by atoms with E-state index in [-0.39, 0.29) is 5.91 Å². The number of imidazole rings is 1. The molecule has 24 heavy (non-hydrogen) atoms. The summed E-state index contributed by atoms with van der Waals surface area (Å²) in [4.78, 5) is 16.0. The minimum Gasteiger partial charge on any atom is -0.306 e. The van der Waals surface area contributed by atoms with E-state index >= 15 is 0 Å². The van der Waals surface area contributed by atoms with E-state index in [1.807, 2.05) is 72.3 Å². The Kier molecular flexibility index (Phi) is 4.81. The molecule has 0 atom stereocenters. The lowest BCUT2D eigenvalue weighted by atomic mass is 10.1. The largest absolute Gasteiger partial charge is 0.306 e. The molecule has 0 aliphatic carbocycles. The van der Waals surface area contributed by atoms with Crippen LogP contribution in [0.3, 0.4) is 0 Å². The zero-order valence-corrected chi connectivity index (χ0v) is 13.4. The van der Waals surface area contributed by atoms with Gasteiger partial charge in [-0.2, -0.15) is 5.10 Å². The van der Waals surface area contributed by atoms with Gasteiger partial charge >= 0.3 is 0 Å². The minimum absolute atomic E-state index is 0.129. The molecular formula is C19H18N4O. The lowest BCUT2D eigenvalue weighted by Crippen LogP contribution is -2.21. The molecule has 0 aliphatic rings. The van der Waals surface area contributed by atoms with Crippen molar-refractivity contribution in [2.45, 2.75) is 13.3 Å². The molecule has 0 fully saturated rings. The molecule has 5 nitrogen and oxygen atoms in total. The lowest BCUT2D eigenvalue weighted by Gasteiger charge is -2.05. The Morgan fingerprint density at radius 3 is 2.54 bits per heavy atom. The van der Waals surface area contributed by atoms with E-state index < -0.39 is 0 Å². The highest BCUT2D eigenvalue weighted by atomic mass is 16.2. The molecule has 0 bridgehead atoms.